The van der Waals surface area contributed by atoms with Crippen LogP contribution in [0, 0.1) is 0 Å². The quantitative estimate of drug-likeness (QED) is 0.881. The van der Waals surface area contributed by atoms with Crippen molar-refractivity contribution in [2.24, 2.45) is 0 Å². The number of carboxylic acid groups (broad SMARTS) is 2. The molecule has 2 N–H and O–H groups in total. The molecule has 1 aromatic carbocycles. The zero-order chi connectivity index (χ0) is 11.4. The number of aryl methyl sites for hydroxylation is 1. The van der Waals surface area contributed by atoms with Crippen LogP contribution in [-0.2, 0) is 11.2 Å². The minimum absolute atomic E-state index is 0.0727. The molecule has 0 fully saturated rings. The van der Waals surface area contributed by atoms with E-state index in [2.05, 4.69) is 15.9 Å². The summed E-state index contributed by atoms with van der Waals surface area (Å²) >= 11 is 3.21. The lowest BCUT2D eigenvalue weighted by atomic mass is 10.0. The van der Waals surface area contributed by atoms with Crippen LogP contribution < -0.4 is 0 Å². The summed E-state index contributed by atoms with van der Waals surface area (Å²) < 4.78 is 0.743. The summed E-state index contributed by atoms with van der Waals surface area (Å²) in [6, 6.07) is 4.71. The van der Waals surface area contributed by atoms with Gasteiger partial charge in [-0.05, 0) is 30.2 Å². The molecule has 0 aliphatic carbocycles. The highest BCUT2D eigenvalue weighted by atomic mass is 79.9. The van der Waals surface area contributed by atoms with Gasteiger partial charge in [0.1, 0.15) is 0 Å². The second kappa shape index (κ2) is 4.93. The molecule has 0 aromatic heterocycles. The van der Waals surface area contributed by atoms with Gasteiger partial charge >= 0.3 is 11.9 Å². The number of aliphatic carboxylic acids is 1. The highest BCUT2D eigenvalue weighted by Crippen LogP contribution is 2.18. The molecule has 0 unspecified atom stereocenters. The van der Waals surface area contributed by atoms with E-state index in [0.29, 0.717) is 5.56 Å². The number of hydrogen-bond acceptors (Lipinski definition) is 2. The lowest BCUT2D eigenvalue weighted by Gasteiger charge is -2.04. The molecular formula is C10H9BrO4. The van der Waals surface area contributed by atoms with Crippen LogP contribution in [0.3, 0.4) is 0 Å². The number of aromatic carboxylic acids is 1. The Hall–Kier alpha value is -1.36. The van der Waals surface area contributed by atoms with Crippen LogP contribution in [0.1, 0.15) is 22.3 Å². The summed E-state index contributed by atoms with van der Waals surface area (Å²) in [4.78, 5) is 21.2. The van der Waals surface area contributed by atoms with Gasteiger partial charge in [0.2, 0.25) is 0 Å². The highest BCUT2D eigenvalue weighted by Gasteiger charge is 2.11. The molecule has 4 nitrogen and oxygen atoms in total. The number of benzene rings is 1. The van der Waals surface area contributed by atoms with Gasteiger partial charge in [0.15, 0.2) is 0 Å². The van der Waals surface area contributed by atoms with Crippen LogP contribution in [0.5, 0.6) is 0 Å². The molecule has 0 saturated heterocycles. The van der Waals surface area contributed by atoms with E-state index in [4.69, 9.17) is 10.2 Å². The first kappa shape index (κ1) is 11.7. The van der Waals surface area contributed by atoms with Gasteiger partial charge in [-0.3, -0.25) is 4.79 Å². The minimum atomic E-state index is -1.04. The van der Waals surface area contributed by atoms with Gasteiger partial charge in [-0.1, -0.05) is 15.9 Å². The van der Waals surface area contributed by atoms with Crippen LogP contribution in [-0.4, -0.2) is 22.2 Å². The molecule has 0 amide bonds. The van der Waals surface area contributed by atoms with Gasteiger partial charge < -0.3 is 10.2 Å². The molecule has 1 aromatic rings. The van der Waals surface area contributed by atoms with Crippen molar-refractivity contribution >= 4 is 27.9 Å². The molecule has 15 heavy (non-hydrogen) atoms. The Kier molecular flexibility index (Phi) is 3.85. The topological polar surface area (TPSA) is 74.6 Å². The van der Waals surface area contributed by atoms with Crippen molar-refractivity contribution in [2.45, 2.75) is 12.8 Å². The summed E-state index contributed by atoms with van der Waals surface area (Å²) in [5, 5.41) is 17.4. The lowest BCUT2D eigenvalue weighted by Crippen LogP contribution is -2.05. The second-order valence-electron chi connectivity index (χ2n) is 3.00. The standard InChI is InChI=1S/C10H9BrO4/c11-7-2-3-8(10(14)15)6(5-7)1-4-9(12)13/h2-3,5H,1,4H2,(H,12,13)(H,14,15). The highest BCUT2D eigenvalue weighted by molar-refractivity contribution is 9.10. The molecule has 1 rings (SSSR count). The zero-order valence-corrected chi connectivity index (χ0v) is 9.32. The van der Waals surface area contributed by atoms with Crippen molar-refractivity contribution in [3.8, 4) is 0 Å². The van der Waals surface area contributed by atoms with Gasteiger partial charge in [-0.2, -0.15) is 0 Å². The first-order valence-corrected chi connectivity index (χ1v) is 5.03. The van der Waals surface area contributed by atoms with Crippen molar-refractivity contribution in [1.82, 2.24) is 0 Å². The SMILES string of the molecule is O=C(O)CCc1cc(Br)ccc1C(=O)O. The smallest absolute Gasteiger partial charge is 0.335 e. The Bertz CT molecular complexity index is 400. The molecule has 0 radical (unpaired) electrons. The average molecular weight is 273 g/mol. The van der Waals surface area contributed by atoms with Gasteiger partial charge in [0, 0.05) is 10.9 Å². The molecule has 0 atom stereocenters. The monoisotopic (exact) mass is 272 g/mol. The second-order valence-corrected chi connectivity index (χ2v) is 3.92. The maximum Gasteiger partial charge on any atom is 0.335 e. The predicted octanol–water partition coefficient (Wildman–Crippen LogP) is 2.16. The fourth-order valence-electron chi connectivity index (χ4n) is 1.22. The molecule has 80 valence electrons. The first-order chi connectivity index (χ1) is 7.00. The molecule has 5 heteroatoms. The van der Waals surface area contributed by atoms with Crippen LogP contribution in [0.25, 0.3) is 0 Å². The van der Waals surface area contributed by atoms with E-state index in [1.165, 1.54) is 6.07 Å². The molecule has 0 aliphatic rings. The summed E-state index contributed by atoms with van der Waals surface area (Å²) in [5.41, 5.74) is 0.679. The third-order valence-electron chi connectivity index (χ3n) is 1.91. The summed E-state index contributed by atoms with van der Waals surface area (Å²) in [6.45, 7) is 0. The van der Waals surface area contributed by atoms with Crippen molar-refractivity contribution in [1.29, 1.82) is 0 Å². The minimum Gasteiger partial charge on any atom is -0.481 e. The Morgan fingerprint density at radius 2 is 1.93 bits per heavy atom. The zero-order valence-electron chi connectivity index (χ0n) is 7.74. The van der Waals surface area contributed by atoms with Crippen LogP contribution in [0.2, 0.25) is 0 Å². The van der Waals surface area contributed by atoms with Gasteiger partial charge in [-0.25, -0.2) is 4.79 Å². The molecule has 0 saturated carbocycles. The Balaban J connectivity index is 2.96. The lowest BCUT2D eigenvalue weighted by molar-refractivity contribution is -0.136. The number of carbonyl (C=O) groups is 2. The Morgan fingerprint density at radius 3 is 2.47 bits per heavy atom. The van der Waals surface area contributed by atoms with Crippen molar-refractivity contribution < 1.29 is 19.8 Å². The Morgan fingerprint density at radius 1 is 1.27 bits per heavy atom. The van der Waals surface area contributed by atoms with E-state index in [0.717, 1.165) is 4.47 Å². The van der Waals surface area contributed by atoms with Gasteiger partial charge in [0.05, 0.1) is 5.56 Å². The van der Waals surface area contributed by atoms with Gasteiger partial charge in [0.25, 0.3) is 0 Å². The third-order valence-corrected chi connectivity index (χ3v) is 2.40. The fraction of sp³-hybridized carbons (Fsp3) is 0.200. The van der Waals surface area contributed by atoms with E-state index in [9.17, 15) is 9.59 Å². The summed E-state index contributed by atoms with van der Waals surface area (Å²) in [6.07, 6.45) is 0.146. The largest absolute Gasteiger partial charge is 0.481 e. The fourth-order valence-corrected chi connectivity index (χ4v) is 1.63. The van der Waals surface area contributed by atoms with Gasteiger partial charge in [-0.15, -0.1) is 0 Å². The maximum absolute atomic E-state index is 10.8. The molecule has 0 heterocycles. The van der Waals surface area contributed by atoms with Crippen LogP contribution in [0.15, 0.2) is 22.7 Å². The maximum atomic E-state index is 10.8. The van der Waals surface area contributed by atoms with Crippen molar-refractivity contribution in [3.05, 3.63) is 33.8 Å². The average Bonchev–Trinajstić information content (AvgIpc) is 2.14. The van der Waals surface area contributed by atoms with Crippen LogP contribution >= 0.6 is 15.9 Å². The van der Waals surface area contributed by atoms with E-state index in [1.54, 1.807) is 12.1 Å². The summed E-state index contributed by atoms with van der Waals surface area (Å²) in [7, 11) is 0. The predicted molar refractivity (Wildman–Crippen MR) is 57.1 cm³/mol. The molecule has 0 spiro atoms. The van der Waals surface area contributed by atoms with E-state index < -0.39 is 11.9 Å². The van der Waals surface area contributed by atoms with E-state index in [-0.39, 0.29) is 18.4 Å². The molecular weight excluding hydrogens is 264 g/mol. The number of carboxylic acids is 2. The molecule has 0 aliphatic heterocycles. The van der Waals surface area contributed by atoms with Crippen LogP contribution in [0.4, 0.5) is 0 Å². The molecule has 0 bridgehead atoms. The number of rotatable bonds is 4. The Labute approximate surface area is 94.7 Å². The number of halogens is 1. The van der Waals surface area contributed by atoms with E-state index in [1.807, 2.05) is 0 Å². The van der Waals surface area contributed by atoms with Crippen molar-refractivity contribution in [3.63, 3.8) is 0 Å². The normalized spacial score (nSPS) is 9.93. The first-order valence-electron chi connectivity index (χ1n) is 4.24. The number of hydrogen-bond donors (Lipinski definition) is 2. The van der Waals surface area contributed by atoms with E-state index >= 15 is 0 Å². The van der Waals surface area contributed by atoms with Crippen molar-refractivity contribution in [2.75, 3.05) is 0 Å². The third kappa shape index (κ3) is 3.36. The summed E-state index contributed by atoms with van der Waals surface area (Å²) in [5.74, 6) is -1.98.